The predicted octanol–water partition coefficient (Wildman–Crippen LogP) is 3.57. The molecule has 46 heavy (non-hydrogen) atoms. The molecule has 0 aliphatic carbocycles. The summed E-state index contributed by atoms with van der Waals surface area (Å²) in [4.78, 5) is 31.5. The summed E-state index contributed by atoms with van der Waals surface area (Å²) in [6.07, 6.45) is -1.19. The van der Waals surface area contributed by atoms with Gasteiger partial charge in [-0.25, -0.2) is 0 Å². The topological polar surface area (TPSA) is 134 Å². The fourth-order valence-corrected chi connectivity index (χ4v) is 4.41. The van der Waals surface area contributed by atoms with Gasteiger partial charge in [0.1, 0.15) is 75.2 Å². The van der Waals surface area contributed by atoms with Crippen molar-refractivity contribution in [2.24, 2.45) is 0 Å². The van der Waals surface area contributed by atoms with Crippen molar-refractivity contribution in [1.29, 1.82) is 0 Å². The molecule has 3 aromatic rings. The molecule has 3 unspecified atom stereocenters. The van der Waals surface area contributed by atoms with E-state index in [9.17, 15) is 14.4 Å². The van der Waals surface area contributed by atoms with Gasteiger partial charge in [-0.3, -0.25) is 14.4 Å². The first-order valence-corrected chi connectivity index (χ1v) is 14.5. The highest BCUT2D eigenvalue weighted by Gasteiger charge is 2.19. The van der Waals surface area contributed by atoms with Crippen LogP contribution in [0.3, 0.4) is 0 Å². The Hall–Kier alpha value is -4.65. The summed E-state index contributed by atoms with van der Waals surface area (Å²) in [5.41, 5.74) is 3.04. The number of hydrogen-bond donors (Lipinski definition) is 0. The molecule has 12 nitrogen and oxygen atoms in total. The highest BCUT2D eigenvalue weighted by Crippen LogP contribution is 2.34. The van der Waals surface area contributed by atoms with Crippen molar-refractivity contribution in [2.75, 3.05) is 61.0 Å². The van der Waals surface area contributed by atoms with Crippen molar-refractivity contribution in [3.63, 3.8) is 0 Å². The average molecular weight is 641 g/mol. The summed E-state index contributed by atoms with van der Waals surface area (Å²) in [6, 6.07) is 23.2. The van der Waals surface area contributed by atoms with E-state index in [4.69, 9.17) is 42.6 Å². The first kappa shape index (κ1) is 35.8. The lowest BCUT2D eigenvalue weighted by molar-refractivity contribution is -0.133. The lowest BCUT2D eigenvalue weighted by Crippen LogP contribution is -2.25. The standard InChI is InChI=1S/C34H40O12/c1-38-31(16-41-22-35)19-44-28-10-4-25(5-11-28)34(26-6-12-29(13-7-26)45-20-32(39-2)17-42-23-36)27-8-14-30(15-9-27)46-21-33(40-3)18-43-24-37/h4-15,22-24,31-34H,16-21H2,1-3H3. The van der Waals surface area contributed by atoms with E-state index in [1.165, 1.54) is 21.3 Å². The number of ether oxygens (including phenoxy) is 9. The maximum atomic E-state index is 10.5. The third-order valence-electron chi connectivity index (χ3n) is 7.00. The molecule has 0 saturated heterocycles. The third-order valence-corrected chi connectivity index (χ3v) is 7.00. The van der Waals surface area contributed by atoms with E-state index >= 15 is 0 Å². The Morgan fingerprint density at radius 1 is 0.435 bits per heavy atom. The summed E-state index contributed by atoms with van der Waals surface area (Å²) in [7, 11) is 4.58. The van der Waals surface area contributed by atoms with E-state index in [0.717, 1.165) is 16.7 Å². The number of methoxy groups -OCH3 is 3. The van der Waals surface area contributed by atoms with Gasteiger partial charge in [-0.15, -0.1) is 0 Å². The van der Waals surface area contributed by atoms with Crippen LogP contribution < -0.4 is 14.2 Å². The molecule has 0 saturated carbocycles. The first-order chi connectivity index (χ1) is 22.5. The van der Waals surface area contributed by atoms with E-state index in [1.807, 2.05) is 72.8 Å². The molecule has 3 atom stereocenters. The molecule has 0 aliphatic rings. The van der Waals surface area contributed by atoms with Gasteiger partial charge in [0.2, 0.25) is 0 Å². The Bertz CT molecular complexity index is 1120. The normalized spacial score (nSPS) is 13.4. The quantitative estimate of drug-likeness (QED) is 0.0805. The Morgan fingerprint density at radius 2 is 0.696 bits per heavy atom. The van der Waals surface area contributed by atoms with Crippen molar-refractivity contribution in [3.8, 4) is 17.2 Å². The zero-order valence-corrected chi connectivity index (χ0v) is 26.1. The molecule has 0 radical (unpaired) electrons. The number of benzene rings is 3. The fourth-order valence-electron chi connectivity index (χ4n) is 4.41. The van der Waals surface area contributed by atoms with Gasteiger partial charge < -0.3 is 42.6 Å². The summed E-state index contributed by atoms with van der Waals surface area (Å²) >= 11 is 0. The summed E-state index contributed by atoms with van der Waals surface area (Å²) < 4.78 is 47.8. The summed E-state index contributed by atoms with van der Waals surface area (Å²) in [5, 5.41) is 0. The molecule has 0 heterocycles. The summed E-state index contributed by atoms with van der Waals surface area (Å²) in [6.45, 7) is 2.05. The highest BCUT2D eigenvalue weighted by molar-refractivity contribution is 5.47. The van der Waals surface area contributed by atoms with E-state index < -0.39 is 18.3 Å². The van der Waals surface area contributed by atoms with Crippen LogP contribution in [-0.4, -0.2) is 98.7 Å². The number of rotatable bonds is 24. The van der Waals surface area contributed by atoms with E-state index in [1.54, 1.807) is 0 Å². The van der Waals surface area contributed by atoms with Gasteiger partial charge in [0, 0.05) is 27.2 Å². The van der Waals surface area contributed by atoms with E-state index in [-0.39, 0.29) is 45.6 Å². The van der Waals surface area contributed by atoms with Crippen LogP contribution >= 0.6 is 0 Å². The zero-order valence-electron chi connectivity index (χ0n) is 26.1. The van der Waals surface area contributed by atoms with Crippen LogP contribution in [0.25, 0.3) is 0 Å². The maximum absolute atomic E-state index is 10.5. The fraction of sp³-hybridized carbons (Fsp3) is 0.382. The highest BCUT2D eigenvalue weighted by atomic mass is 16.6. The van der Waals surface area contributed by atoms with Gasteiger partial charge in [0.05, 0.1) is 0 Å². The number of carbonyl (C=O) groups is 3. The predicted molar refractivity (Wildman–Crippen MR) is 165 cm³/mol. The van der Waals surface area contributed by atoms with Crippen molar-refractivity contribution < 1.29 is 57.0 Å². The molecule has 3 rings (SSSR count). The average Bonchev–Trinajstić information content (AvgIpc) is 3.10. The molecule has 0 aliphatic heterocycles. The lowest BCUT2D eigenvalue weighted by Gasteiger charge is -2.21. The summed E-state index contributed by atoms with van der Waals surface area (Å²) in [5.74, 6) is 1.77. The van der Waals surface area contributed by atoms with Crippen LogP contribution in [0.15, 0.2) is 72.8 Å². The molecule has 0 N–H and O–H groups in total. The van der Waals surface area contributed by atoms with Crippen LogP contribution in [0.5, 0.6) is 17.2 Å². The SMILES string of the molecule is COC(COC=O)COc1ccc(C(c2ccc(OCC(COC=O)OC)cc2)c2ccc(OCC(COC=O)OC)cc2)cc1. The Balaban J connectivity index is 1.79. The minimum absolute atomic E-state index is 0.0941. The van der Waals surface area contributed by atoms with Gasteiger partial charge in [0.25, 0.3) is 19.4 Å². The monoisotopic (exact) mass is 640 g/mol. The smallest absolute Gasteiger partial charge is 0.293 e. The number of carbonyl (C=O) groups excluding carboxylic acids is 3. The van der Waals surface area contributed by atoms with Crippen molar-refractivity contribution in [3.05, 3.63) is 89.5 Å². The second-order valence-electron chi connectivity index (χ2n) is 9.93. The molecule has 0 spiro atoms. The third kappa shape index (κ3) is 11.7. The van der Waals surface area contributed by atoms with E-state index in [0.29, 0.717) is 36.7 Å². The molecule has 0 aromatic heterocycles. The van der Waals surface area contributed by atoms with Crippen molar-refractivity contribution in [2.45, 2.75) is 24.2 Å². The molecular formula is C34H40O12. The van der Waals surface area contributed by atoms with E-state index in [2.05, 4.69) is 0 Å². The largest absolute Gasteiger partial charge is 0.491 e. The lowest BCUT2D eigenvalue weighted by atomic mass is 9.85. The van der Waals surface area contributed by atoms with Crippen LogP contribution in [0.4, 0.5) is 0 Å². The molecule has 0 amide bonds. The van der Waals surface area contributed by atoms with Gasteiger partial charge in [-0.2, -0.15) is 0 Å². The molecule has 248 valence electrons. The molecule has 12 heteroatoms. The number of hydrogen-bond acceptors (Lipinski definition) is 12. The second-order valence-corrected chi connectivity index (χ2v) is 9.93. The van der Waals surface area contributed by atoms with Gasteiger partial charge in [-0.1, -0.05) is 36.4 Å². The second kappa shape index (κ2) is 20.4. The molecule has 0 bridgehead atoms. The van der Waals surface area contributed by atoms with Crippen LogP contribution in [0.1, 0.15) is 22.6 Å². The van der Waals surface area contributed by atoms with Gasteiger partial charge in [-0.05, 0) is 53.1 Å². The maximum Gasteiger partial charge on any atom is 0.293 e. The van der Waals surface area contributed by atoms with Crippen LogP contribution in [0.2, 0.25) is 0 Å². The Kier molecular flexibility index (Phi) is 15.9. The van der Waals surface area contributed by atoms with Crippen LogP contribution in [-0.2, 0) is 42.8 Å². The van der Waals surface area contributed by atoms with Gasteiger partial charge >= 0.3 is 0 Å². The van der Waals surface area contributed by atoms with Crippen molar-refractivity contribution in [1.82, 2.24) is 0 Å². The Labute approximate surface area is 268 Å². The zero-order chi connectivity index (χ0) is 33.0. The minimum atomic E-state index is -0.396. The molecule has 3 aromatic carbocycles. The molecular weight excluding hydrogens is 600 g/mol. The van der Waals surface area contributed by atoms with Crippen LogP contribution in [0, 0.1) is 0 Å². The van der Waals surface area contributed by atoms with Crippen molar-refractivity contribution >= 4 is 19.4 Å². The Morgan fingerprint density at radius 3 is 0.913 bits per heavy atom. The van der Waals surface area contributed by atoms with Gasteiger partial charge in [0.15, 0.2) is 0 Å². The first-order valence-electron chi connectivity index (χ1n) is 14.5. The minimum Gasteiger partial charge on any atom is -0.491 e. The molecule has 0 fully saturated rings.